The summed E-state index contributed by atoms with van der Waals surface area (Å²) < 4.78 is 7.02. The minimum Gasteiger partial charge on any atom is -0.478 e. The number of rotatable bonds is 5. The summed E-state index contributed by atoms with van der Waals surface area (Å²) in [6.07, 6.45) is 2.37. The van der Waals surface area contributed by atoms with Crippen LogP contribution < -0.4 is 0 Å². The van der Waals surface area contributed by atoms with Crippen molar-refractivity contribution < 1.29 is 14.6 Å². The Labute approximate surface area is 88.7 Å². The number of carboxylic acid groups (broad SMARTS) is 1. The number of hydrogen-bond acceptors (Lipinski definition) is 3. The highest BCUT2D eigenvalue weighted by Crippen LogP contribution is 2.10. The molecule has 1 heterocycles. The van der Waals surface area contributed by atoms with Crippen molar-refractivity contribution in [3.8, 4) is 0 Å². The lowest BCUT2D eigenvalue weighted by Gasteiger charge is -2.11. The van der Waals surface area contributed by atoms with E-state index >= 15 is 0 Å². The van der Waals surface area contributed by atoms with Crippen LogP contribution in [0.3, 0.4) is 0 Å². The first-order valence-electron chi connectivity index (χ1n) is 4.92. The van der Waals surface area contributed by atoms with Crippen molar-refractivity contribution in [2.75, 3.05) is 0 Å². The van der Waals surface area contributed by atoms with Crippen molar-refractivity contribution in [2.24, 2.45) is 7.05 Å². The average Bonchev–Trinajstić information content (AvgIpc) is 2.56. The van der Waals surface area contributed by atoms with Crippen LogP contribution in [0.4, 0.5) is 0 Å². The predicted molar refractivity (Wildman–Crippen MR) is 54.7 cm³/mol. The lowest BCUT2D eigenvalue weighted by molar-refractivity contribution is 0.0453. The molecule has 0 bridgehead atoms. The van der Waals surface area contributed by atoms with Crippen LogP contribution in [0.1, 0.15) is 36.3 Å². The standard InChI is InChI=1S/C10H16N2O3/c1-4-7(2)15-6-9-8(10(13)14)5-11-12(9)3/h5,7H,4,6H2,1-3H3,(H,13,14). The van der Waals surface area contributed by atoms with Gasteiger partial charge in [-0.2, -0.15) is 5.10 Å². The second-order valence-electron chi connectivity index (χ2n) is 3.46. The number of ether oxygens (including phenoxy) is 1. The smallest absolute Gasteiger partial charge is 0.339 e. The van der Waals surface area contributed by atoms with Crippen LogP contribution in [0.5, 0.6) is 0 Å². The van der Waals surface area contributed by atoms with Crippen molar-refractivity contribution >= 4 is 5.97 Å². The number of nitrogens with zero attached hydrogens (tertiary/aromatic N) is 2. The van der Waals surface area contributed by atoms with E-state index in [1.54, 1.807) is 7.05 Å². The van der Waals surface area contributed by atoms with Crippen molar-refractivity contribution in [1.82, 2.24) is 9.78 Å². The van der Waals surface area contributed by atoms with Gasteiger partial charge in [0.15, 0.2) is 0 Å². The highest BCUT2D eigenvalue weighted by atomic mass is 16.5. The monoisotopic (exact) mass is 212 g/mol. The van der Waals surface area contributed by atoms with Gasteiger partial charge in [0.05, 0.1) is 24.6 Å². The Kier molecular flexibility index (Phi) is 3.85. The zero-order chi connectivity index (χ0) is 11.4. The van der Waals surface area contributed by atoms with Gasteiger partial charge in [-0.15, -0.1) is 0 Å². The van der Waals surface area contributed by atoms with Gasteiger partial charge in [0, 0.05) is 7.05 Å². The van der Waals surface area contributed by atoms with Gasteiger partial charge < -0.3 is 9.84 Å². The van der Waals surface area contributed by atoms with E-state index in [9.17, 15) is 4.79 Å². The minimum absolute atomic E-state index is 0.126. The Morgan fingerprint density at radius 3 is 2.93 bits per heavy atom. The molecule has 1 unspecified atom stereocenters. The van der Waals surface area contributed by atoms with E-state index in [0.29, 0.717) is 5.69 Å². The maximum atomic E-state index is 10.8. The molecule has 1 aromatic heterocycles. The Hall–Kier alpha value is -1.36. The van der Waals surface area contributed by atoms with Gasteiger partial charge in [-0.25, -0.2) is 4.79 Å². The largest absolute Gasteiger partial charge is 0.478 e. The number of carbonyl (C=O) groups is 1. The summed E-state index contributed by atoms with van der Waals surface area (Å²) in [5.41, 5.74) is 0.809. The zero-order valence-electron chi connectivity index (χ0n) is 9.23. The molecule has 1 atom stereocenters. The fourth-order valence-corrected chi connectivity index (χ4v) is 1.15. The summed E-state index contributed by atoms with van der Waals surface area (Å²) >= 11 is 0. The van der Waals surface area contributed by atoms with E-state index in [-0.39, 0.29) is 18.3 Å². The van der Waals surface area contributed by atoms with E-state index in [1.165, 1.54) is 10.9 Å². The van der Waals surface area contributed by atoms with Gasteiger partial charge in [-0.1, -0.05) is 6.92 Å². The maximum Gasteiger partial charge on any atom is 0.339 e. The first-order chi connectivity index (χ1) is 7.06. The molecule has 5 nitrogen and oxygen atoms in total. The molecule has 0 saturated heterocycles. The molecule has 0 spiro atoms. The third kappa shape index (κ3) is 2.79. The predicted octanol–water partition coefficient (Wildman–Crippen LogP) is 1.43. The van der Waals surface area contributed by atoms with Crippen LogP contribution in [0.2, 0.25) is 0 Å². The van der Waals surface area contributed by atoms with Crippen LogP contribution in [0.25, 0.3) is 0 Å². The van der Waals surface area contributed by atoms with Gasteiger partial charge in [0.2, 0.25) is 0 Å². The first-order valence-corrected chi connectivity index (χ1v) is 4.92. The molecule has 0 amide bonds. The molecule has 1 aromatic rings. The van der Waals surface area contributed by atoms with Crippen molar-refractivity contribution in [3.05, 3.63) is 17.5 Å². The van der Waals surface area contributed by atoms with Crippen LogP contribution in [-0.4, -0.2) is 27.0 Å². The third-order valence-corrected chi connectivity index (χ3v) is 2.37. The lowest BCUT2D eigenvalue weighted by atomic mass is 10.2. The number of aromatic carboxylic acids is 1. The Morgan fingerprint density at radius 1 is 1.73 bits per heavy atom. The molecular formula is C10H16N2O3. The molecule has 0 aliphatic heterocycles. The van der Waals surface area contributed by atoms with Gasteiger partial charge in [-0.3, -0.25) is 4.68 Å². The molecule has 0 aliphatic carbocycles. The van der Waals surface area contributed by atoms with Gasteiger partial charge in [0.1, 0.15) is 5.56 Å². The molecular weight excluding hydrogens is 196 g/mol. The van der Waals surface area contributed by atoms with Crippen molar-refractivity contribution in [3.63, 3.8) is 0 Å². The molecule has 0 aliphatic rings. The number of hydrogen-bond donors (Lipinski definition) is 1. The topological polar surface area (TPSA) is 64.3 Å². The fraction of sp³-hybridized carbons (Fsp3) is 0.600. The number of aryl methyl sites for hydroxylation is 1. The summed E-state index contributed by atoms with van der Waals surface area (Å²) in [4.78, 5) is 10.8. The third-order valence-electron chi connectivity index (χ3n) is 2.37. The molecule has 1 N–H and O–H groups in total. The van der Waals surface area contributed by atoms with E-state index in [1.807, 2.05) is 13.8 Å². The molecule has 0 radical (unpaired) electrons. The lowest BCUT2D eigenvalue weighted by Crippen LogP contribution is -2.11. The molecule has 1 rings (SSSR count). The summed E-state index contributed by atoms with van der Waals surface area (Å²) in [6.45, 7) is 4.26. The summed E-state index contributed by atoms with van der Waals surface area (Å²) in [6, 6.07) is 0. The average molecular weight is 212 g/mol. The number of carboxylic acids is 1. The van der Waals surface area contributed by atoms with Crippen LogP contribution in [0.15, 0.2) is 6.20 Å². The molecule has 0 fully saturated rings. The normalized spacial score (nSPS) is 12.7. The van der Waals surface area contributed by atoms with Crippen molar-refractivity contribution in [1.29, 1.82) is 0 Å². The van der Waals surface area contributed by atoms with E-state index in [2.05, 4.69) is 5.10 Å². The number of aromatic nitrogens is 2. The van der Waals surface area contributed by atoms with E-state index < -0.39 is 5.97 Å². The van der Waals surface area contributed by atoms with Gasteiger partial charge in [-0.05, 0) is 13.3 Å². The van der Waals surface area contributed by atoms with Gasteiger partial charge >= 0.3 is 5.97 Å². The Bertz CT molecular complexity index is 346. The summed E-state index contributed by atoms with van der Waals surface area (Å²) in [5, 5.41) is 12.8. The van der Waals surface area contributed by atoms with Crippen LogP contribution in [0, 0.1) is 0 Å². The summed E-state index contributed by atoms with van der Waals surface area (Å²) in [5.74, 6) is -0.967. The Morgan fingerprint density at radius 2 is 2.40 bits per heavy atom. The van der Waals surface area contributed by atoms with Crippen LogP contribution in [-0.2, 0) is 18.4 Å². The SMILES string of the molecule is CCC(C)OCc1c(C(=O)O)cnn1C. The first kappa shape index (κ1) is 11.7. The summed E-state index contributed by atoms with van der Waals surface area (Å²) in [7, 11) is 1.71. The van der Waals surface area contributed by atoms with Gasteiger partial charge in [0.25, 0.3) is 0 Å². The zero-order valence-corrected chi connectivity index (χ0v) is 9.23. The van der Waals surface area contributed by atoms with E-state index in [0.717, 1.165) is 6.42 Å². The Balaban J connectivity index is 2.75. The molecule has 0 saturated carbocycles. The van der Waals surface area contributed by atoms with E-state index in [4.69, 9.17) is 9.84 Å². The molecule has 5 heteroatoms. The quantitative estimate of drug-likeness (QED) is 0.802. The minimum atomic E-state index is -0.967. The molecule has 84 valence electrons. The molecule has 15 heavy (non-hydrogen) atoms. The van der Waals surface area contributed by atoms with Crippen molar-refractivity contribution in [2.45, 2.75) is 33.0 Å². The highest BCUT2D eigenvalue weighted by molar-refractivity contribution is 5.88. The fourth-order valence-electron chi connectivity index (χ4n) is 1.15. The molecule has 0 aromatic carbocycles. The second-order valence-corrected chi connectivity index (χ2v) is 3.46. The van der Waals surface area contributed by atoms with Crippen LogP contribution >= 0.6 is 0 Å². The highest BCUT2D eigenvalue weighted by Gasteiger charge is 2.15. The second kappa shape index (κ2) is 4.93. The maximum absolute atomic E-state index is 10.8.